The van der Waals surface area contributed by atoms with E-state index in [1.54, 1.807) is 42.3 Å². The van der Waals surface area contributed by atoms with Gasteiger partial charge >= 0.3 is 0 Å². The maximum Gasteiger partial charge on any atom is 0.254 e. The van der Waals surface area contributed by atoms with Gasteiger partial charge in [0.25, 0.3) is 5.91 Å². The predicted octanol–water partition coefficient (Wildman–Crippen LogP) is 5.07. The van der Waals surface area contributed by atoms with Gasteiger partial charge in [0.1, 0.15) is 5.82 Å². The van der Waals surface area contributed by atoms with Gasteiger partial charge in [-0.25, -0.2) is 4.39 Å². The van der Waals surface area contributed by atoms with Crippen molar-refractivity contribution in [1.82, 2.24) is 4.90 Å². The first-order valence-corrected chi connectivity index (χ1v) is 7.55. The molecule has 0 radical (unpaired) electrons. The Balaban J connectivity index is 2.21. The molecule has 1 amide bonds. The number of halogens is 3. The number of amides is 1. The van der Waals surface area contributed by atoms with E-state index < -0.39 is 0 Å². The second-order valence-corrected chi connectivity index (χ2v) is 6.03. The third kappa shape index (κ3) is 3.63. The Hall–Kier alpha value is -1.39. The molecule has 0 aromatic heterocycles. The van der Waals surface area contributed by atoms with Crippen LogP contribution in [0.25, 0.3) is 0 Å². The SMILES string of the molecule is CC(c1ccc(F)cc1)N(C)C(=O)c1ccc(Br)c(Cl)c1. The molecular formula is C16H14BrClFNO. The number of carbonyl (C=O) groups excluding carboxylic acids is 1. The average Bonchev–Trinajstić information content (AvgIpc) is 2.48. The molecule has 21 heavy (non-hydrogen) atoms. The molecule has 0 aliphatic carbocycles. The van der Waals surface area contributed by atoms with Crippen molar-refractivity contribution in [2.24, 2.45) is 0 Å². The van der Waals surface area contributed by atoms with Crippen molar-refractivity contribution in [1.29, 1.82) is 0 Å². The van der Waals surface area contributed by atoms with E-state index in [4.69, 9.17) is 11.6 Å². The van der Waals surface area contributed by atoms with Gasteiger partial charge in [0.2, 0.25) is 0 Å². The van der Waals surface area contributed by atoms with Crippen LogP contribution in [0, 0.1) is 5.82 Å². The standard InChI is InChI=1S/C16H14BrClFNO/c1-10(11-3-6-13(19)7-4-11)20(2)16(21)12-5-8-14(17)15(18)9-12/h3-10H,1-2H3. The van der Waals surface area contributed by atoms with Crippen molar-refractivity contribution < 1.29 is 9.18 Å². The summed E-state index contributed by atoms with van der Waals surface area (Å²) in [5.74, 6) is -0.430. The van der Waals surface area contributed by atoms with Crippen molar-refractivity contribution in [2.45, 2.75) is 13.0 Å². The predicted molar refractivity (Wildman–Crippen MR) is 86.1 cm³/mol. The summed E-state index contributed by atoms with van der Waals surface area (Å²) in [5, 5.41) is 0.490. The summed E-state index contributed by atoms with van der Waals surface area (Å²) in [5.41, 5.74) is 1.38. The highest BCUT2D eigenvalue weighted by atomic mass is 79.9. The molecule has 2 rings (SSSR count). The van der Waals surface area contributed by atoms with Gasteiger partial charge in [-0.1, -0.05) is 23.7 Å². The van der Waals surface area contributed by atoms with Crippen LogP contribution in [-0.2, 0) is 0 Å². The van der Waals surface area contributed by atoms with Gasteiger partial charge in [0.05, 0.1) is 11.1 Å². The second kappa shape index (κ2) is 6.58. The zero-order valence-electron chi connectivity index (χ0n) is 11.6. The lowest BCUT2D eigenvalue weighted by Crippen LogP contribution is -2.29. The summed E-state index contributed by atoms with van der Waals surface area (Å²) in [7, 11) is 1.71. The van der Waals surface area contributed by atoms with E-state index >= 15 is 0 Å². The summed E-state index contributed by atoms with van der Waals surface area (Å²) in [6.07, 6.45) is 0. The molecule has 0 fully saturated rings. The summed E-state index contributed by atoms with van der Waals surface area (Å²) in [6.45, 7) is 1.89. The second-order valence-electron chi connectivity index (χ2n) is 4.77. The molecule has 1 unspecified atom stereocenters. The fraction of sp³-hybridized carbons (Fsp3) is 0.188. The minimum absolute atomic E-state index is 0.138. The Labute approximate surface area is 136 Å². The Bertz CT molecular complexity index is 660. The van der Waals surface area contributed by atoms with Gasteiger partial charge in [-0.05, 0) is 58.7 Å². The van der Waals surface area contributed by atoms with Crippen LogP contribution >= 0.6 is 27.5 Å². The summed E-state index contributed by atoms with van der Waals surface area (Å²) in [4.78, 5) is 14.1. The monoisotopic (exact) mass is 369 g/mol. The first-order valence-electron chi connectivity index (χ1n) is 6.38. The van der Waals surface area contributed by atoms with E-state index in [1.165, 1.54) is 12.1 Å². The lowest BCUT2D eigenvalue weighted by molar-refractivity contribution is 0.0742. The first kappa shape index (κ1) is 16.0. The number of rotatable bonds is 3. The molecule has 0 saturated carbocycles. The Morgan fingerprint density at radius 2 is 1.86 bits per heavy atom. The van der Waals surface area contributed by atoms with Crippen LogP contribution in [-0.4, -0.2) is 17.9 Å². The average molecular weight is 371 g/mol. The van der Waals surface area contributed by atoms with E-state index in [1.807, 2.05) is 6.92 Å². The van der Waals surface area contributed by atoms with Crippen molar-refractivity contribution in [3.63, 3.8) is 0 Å². The molecule has 2 nitrogen and oxygen atoms in total. The summed E-state index contributed by atoms with van der Waals surface area (Å²) >= 11 is 9.31. The number of carbonyl (C=O) groups is 1. The molecule has 0 aliphatic rings. The fourth-order valence-corrected chi connectivity index (χ4v) is 2.40. The largest absolute Gasteiger partial charge is 0.335 e. The van der Waals surface area contributed by atoms with E-state index in [0.717, 1.165) is 10.0 Å². The maximum atomic E-state index is 13.0. The van der Waals surface area contributed by atoms with Crippen LogP contribution in [0.3, 0.4) is 0 Å². The van der Waals surface area contributed by atoms with Crippen LogP contribution < -0.4 is 0 Å². The van der Waals surface area contributed by atoms with Crippen molar-refractivity contribution in [3.05, 3.63) is 68.9 Å². The van der Waals surface area contributed by atoms with E-state index in [2.05, 4.69) is 15.9 Å². The highest BCUT2D eigenvalue weighted by Crippen LogP contribution is 2.26. The zero-order chi connectivity index (χ0) is 15.6. The quantitative estimate of drug-likeness (QED) is 0.738. The van der Waals surface area contributed by atoms with Crippen LogP contribution in [0.2, 0.25) is 5.02 Å². The molecule has 1 atom stereocenters. The van der Waals surface area contributed by atoms with Crippen LogP contribution in [0.15, 0.2) is 46.9 Å². The molecule has 0 N–H and O–H groups in total. The van der Waals surface area contributed by atoms with Crippen molar-refractivity contribution in [3.8, 4) is 0 Å². The molecule has 2 aromatic carbocycles. The molecule has 0 heterocycles. The Kier molecular flexibility index (Phi) is 5.01. The van der Waals surface area contributed by atoms with Crippen molar-refractivity contribution in [2.75, 3.05) is 7.05 Å². The number of nitrogens with zero attached hydrogens (tertiary/aromatic N) is 1. The number of benzene rings is 2. The van der Waals surface area contributed by atoms with Gasteiger partial charge in [-0.3, -0.25) is 4.79 Å². The first-order chi connectivity index (χ1) is 9.90. The molecule has 0 aliphatic heterocycles. The minimum Gasteiger partial charge on any atom is -0.335 e. The van der Waals surface area contributed by atoms with Gasteiger partial charge in [0, 0.05) is 17.1 Å². The molecular weight excluding hydrogens is 357 g/mol. The van der Waals surface area contributed by atoms with Crippen LogP contribution in [0.5, 0.6) is 0 Å². The molecule has 110 valence electrons. The van der Waals surface area contributed by atoms with Gasteiger partial charge in [-0.15, -0.1) is 0 Å². The third-order valence-corrected chi connectivity index (χ3v) is 4.65. The third-order valence-electron chi connectivity index (χ3n) is 3.42. The van der Waals surface area contributed by atoms with Crippen LogP contribution in [0.1, 0.15) is 28.9 Å². The lowest BCUT2D eigenvalue weighted by atomic mass is 10.1. The normalized spacial score (nSPS) is 12.0. The fourth-order valence-electron chi connectivity index (χ4n) is 1.97. The topological polar surface area (TPSA) is 20.3 Å². The molecule has 2 aromatic rings. The van der Waals surface area contributed by atoms with Crippen LogP contribution in [0.4, 0.5) is 4.39 Å². The van der Waals surface area contributed by atoms with Gasteiger partial charge < -0.3 is 4.90 Å². The molecule has 5 heteroatoms. The smallest absolute Gasteiger partial charge is 0.254 e. The number of hydrogen-bond acceptors (Lipinski definition) is 1. The zero-order valence-corrected chi connectivity index (χ0v) is 14.0. The Morgan fingerprint density at radius 1 is 1.24 bits per heavy atom. The maximum absolute atomic E-state index is 13.0. The Morgan fingerprint density at radius 3 is 2.43 bits per heavy atom. The molecule has 0 bridgehead atoms. The van der Waals surface area contributed by atoms with Gasteiger partial charge in [-0.2, -0.15) is 0 Å². The highest BCUT2D eigenvalue weighted by molar-refractivity contribution is 9.10. The minimum atomic E-state index is -0.292. The molecule has 0 saturated heterocycles. The lowest BCUT2D eigenvalue weighted by Gasteiger charge is -2.25. The van der Waals surface area contributed by atoms with E-state index in [-0.39, 0.29) is 17.8 Å². The highest BCUT2D eigenvalue weighted by Gasteiger charge is 2.19. The van der Waals surface area contributed by atoms with E-state index in [9.17, 15) is 9.18 Å². The molecule has 0 spiro atoms. The van der Waals surface area contributed by atoms with Crippen molar-refractivity contribution >= 4 is 33.4 Å². The summed E-state index contributed by atoms with van der Waals surface area (Å²) in [6, 6.07) is 11.1. The van der Waals surface area contributed by atoms with E-state index in [0.29, 0.717) is 10.6 Å². The van der Waals surface area contributed by atoms with Gasteiger partial charge in [0.15, 0.2) is 0 Å². The summed E-state index contributed by atoms with van der Waals surface area (Å²) < 4.78 is 13.7. The number of hydrogen-bond donors (Lipinski definition) is 0.